The van der Waals surface area contributed by atoms with E-state index in [1.807, 2.05) is 0 Å². The highest BCUT2D eigenvalue weighted by Gasteiger charge is 2.22. The fraction of sp³-hybridized carbons (Fsp3) is 0. The van der Waals surface area contributed by atoms with Crippen LogP contribution in [0, 0.1) is 0 Å². The van der Waals surface area contributed by atoms with E-state index in [1.165, 1.54) is 24.3 Å². The van der Waals surface area contributed by atoms with Gasteiger partial charge in [0.1, 0.15) is 11.3 Å². The van der Waals surface area contributed by atoms with Gasteiger partial charge in [-0.1, -0.05) is 24.3 Å². The van der Waals surface area contributed by atoms with E-state index >= 15 is 0 Å². The van der Waals surface area contributed by atoms with Crippen LogP contribution in [0.25, 0.3) is 0 Å². The molecule has 0 aliphatic heterocycles. The van der Waals surface area contributed by atoms with E-state index in [4.69, 9.17) is 14.9 Å². The van der Waals surface area contributed by atoms with Crippen molar-refractivity contribution < 1.29 is 29.3 Å². The SMILES string of the molecule is O=C(Oc1cccc(C(=O)O)c1C(=O)O)c1ccccc1. The summed E-state index contributed by atoms with van der Waals surface area (Å²) in [4.78, 5) is 34.1. The van der Waals surface area contributed by atoms with Crippen molar-refractivity contribution in [2.45, 2.75) is 0 Å². The largest absolute Gasteiger partial charge is 0.478 e. The molecule has 0 saturated heterocycles. The Labute approximate surface area is 119 Å². The second-order valence-electron chi connectivity index (χ2n) is 4.04. The lowest BCUT2D eigenvalue weighted by Gasteiger charge is -2.09. The number of hydrogen-bond acceptors (Lipinski definition) is 4. The quantitative estimate of drug-likeness (QED) is 0.660. The summed E-state index contributed by atoms with van der Waals surface area (Å²) in [5, 5.41) is 18.1. The van der Waals surface area contributed by atoms with Gasteiger partial charge in [0, 0.05) is 0 Å². The number of hydrogen-bond donors (Lipinski definition) is 2. The zero-order valence-corrected chi connectivity index (χ0v) is 10.6. The third-order valence-corrected chi connectivity index (χ3v) is 2.68. The Morgan fingerprint density at radius 1 is 0.810 bits per heavy atom. The van der Waals surface area contributed by atoms with E-state index < -0.39 is 29.0 Å². The number of ether oxygens (including phenoxy) is 1. The molecule has 106 valence electrons. The van der Waals surface area contributed by atoms with E-state index in [-0.39, 0.29) is 11.3 Å². The van der Waals surface area contributed by atoms with Gasteiger partial charge in [0.05, 0.1) is 11.1 Å². The lowest BCUT2D eigenvalue weighted by atomic mass is 10.1. The minimum Gasteiger partial charge on any atom is -0.478 e. The topological polar surface area (TPSA) is 101 Å². The molecule has 0 heterocycles. The summed E-state index contributed by atoms with van der Waals surface area (Å²) in [6, 6.07) is 11.6. The van der Waals surface area contributed by atoms with Crippen molar-refractivity contribution in [1.29, 1.82) is 0 Å². The fourth-order valence-electron chi connectivity index (χ4n) is 1.75. The molecule has 0 aromatic heterocycles. The van der Waals surface area contributed by atoms with Gasteiger partial charge in [-0.05, 0) is 24.3 Å². The predicted octanol–water partition coefficient (Wildman–Crippen LogP) is 2.30. The van der Waals surface area contributed by atoms with E-state index in [0.29, 0.717) is 0 Å². The van der Waals surface area contributed by atoms with Crippen molar-refractivity contribution in [3.63, 3.8) is 0 Å². The predicted molar refractivity (Wildman–Crippen MR) is 71.8 cm³/mol. The van der Waals surface area contributed by atoms with Crippen LogP contribution in [0.15, 0.2) is 48.5 Å². The summed E-state index contributed by atoms with van der Waals surface area (Å²) in [6.45, 7) is 0. The standard InChI is InChI=1S/C15H10O6/c16-13(17)10-7-4-8-11(12(10)14(18)19)21-15(20)9-5-2-1-3-6-9/h1-8H,(H,16,17)(H,18,19). The minimum absolute atomic E-state index is 0.231. The molecule has 0 spiro atoms. The number of rotatable bonds is 4. The second kappa shape index (κ2) is 5.87. The summed E-state index contributed by atoms with van der Waals surface area (Å²) >= 11 is 0. The first-order valence-electron chi connectivity index (χ1n) is 5.87. The average molecular weight is 286 g/mol. The van der Waals surface area contributed by atoms with Gasteiger partial charge in [-0.3, -0.25) is 0 Å². The molecule has 2 N–H and O–H groups in total. The highest BCUT2D eigenvalue weighted by molar-refractivity contribution is 6.04. The van der Waals surface area contributed by atoms with Crippen molar-refractivity contribution >= 4 is 17.9 Å². The van der Waals surface area contributed by atoms with Gasteiger partial charge in [0.2, 0.25) is 0 Å². The zero-order valence-electron chi connectivity index (χ0n) is 10.6. The number of esters is 1. The van der Waals surface area contributed by atoms with Gasteiger partial charge in [0.15, 0.2) is 0 Å². The van der Waals surface area contributed by atoms with Crippen molar-refractivity contribution in [3.8, 4) is 5.75 Å². The number of carbonyl (C=O) groups is 3. The molecule has 0 aliphatic rings. The highest BCUT2D eigenvalue weighted by atomic mass is 16.5. The summed E-state index contributed by atoms with van der Waals surface area (Å²) < 4.78 is 5.00. The van der Waals surface area contributed by atoms with Crippen LogP contribution in [0.4, 0.5) is 0 Å². The first-order chi connectivity index (χ1) is 10.0. The molecule has 2 aromatic carbocycles. The fourth-order valence-corrected chi connectivity index (χ4v) is 1.75. The summed E-state index contributed by atoms with van der Waals surface area (Å²) in [5.41, 5.74) is -0.773. The van der Waals surface area contributed by atoms with Crippen LogP contribution < -0.4 is 4.74 Å². The molecule has 0 fully saturated rings. The van der Waals surface area contributed by atoms with Crippen LogP contribution in [0.1, 0.15) is 31.1 Å². The maximum Gasteiger partial charge on any atom is 0.343 e. The molecular weight excluding hydrogens is 276 g/mol. The maximum absolute atomic E-state index is 11.9. The molecule has 0 radical (unpaired) electrons. The normalized spacial score (nSPS) is 9.90. The molecule has 2 aromatic rings. The first kappa shape index (κ1) is 14.3. The van der Waals surface area contributed by atoms with Crippen LogP contribution in [0.5, 0.6) is 5.75 Å². The van der Waals surface area contributed by atoms with Crippen LogP contribution in [0.3, 0.4) is 0 Å². The number of carbonyl (C=O) groups excluding carboxylic acids is 1. The number of aromatic carboxylic acids is 2. The van der Waals surface area contributed by atoms with E-state index in [1.54, 1.807) is 18.2 Å². The lowest BCUT2D eigenvalue weighted by Crippen LogP contribution is -2.14. The van der Waals surface area contributed by atoms with Gasteiger partial charge in [0.25, 0.3) is 0 Å². The van der Waals surface area contributed by atoms with E-state index in [2.05, 4.69) is 0 Å². The van der Waals surface area contributed by atoms with E-state index in [0.717, 1.165) is 6.07 Å². The Hall–Kier alpha value is -3.15. The Morgan fingerprint density at radius 3 is 2.05 bits per heavy atom. The van der Waals surface area contributed by atoms with Crippen molar-refractivity contribution in [2.75, 3.05) is 0 Å². The van der Waals surface area contributed by atoms with E-state index in [9.17, 15) is 14.4 Å². The smallest absolute Gasteiger partial charge is 0.343 e. The second-order valence-corrected chi connectivity index (χ2v) is 4.04. The molecule has 2 rings (SSSR count). The first-order valence-corrected chi connectivity index (χ1v) is 5.87. The Morgan fingerprint density at radius 2 is 1.48 bits per heavy atom. The molecule has 6 heteroatoms. The highest BCUT2D eigenvalue weighted by Crippen LogP contribution is 2.23. The van der Waals surface area contributed by atoms with Crippen LogP contribution in [-0.4, -0.2) is 28.1 Å². The third-order valence-electron chi connectivity index (χ3n) is 2.68. The van der Waals surface area contributed by atoms with Crippen molar-refractivity contribution in [3.05, 3.63) is 65.2 Å². The molecule has 0 amide bonds. The summed E-state index contributed by atoms with van der Waals surface area (Å²) in [7, 11) is 0. The van der Waals surface area contributed by atoms with Gasteiger partial charge in [-0.15, -0.1) is 0 Å². The van der Waals surface area contributed by atoms with Gasteiger partial charge >= 0.3 is 17.9 Å². The molecule has 0 aliphatic carbocycles. The maximum atomic E-state index is 11.9. The molecule has 0 unspecified atom stereocenters. The van der Waals surface area contributed by atoms with Crippen molar-refractivity contribution in [1.82, 2.24) is 0 Å². The molecule has 0 bridgehead atoms. The lowest BCUT2D eigenvalue weighted by molar-refractivity contribution is 0.0638. The number of carboxylic acids is 2. The molecule has 0 saturated carbocycles. The zero-order chi connectivity index (χ0) is 15.4. The van der Waals surface area contributed by atoms with Gasteiger partial charge in [-0.25, -0.2) is 14.4 Å². The molecule has 0 atom stereocenters. The summed E-state index contributed by atoms with van der Waals surface area (Å²) in [5.74, 6) is -3.97. The van der Waals surface area contributed by atoms with Crippen molar-refractivity contribution in [2.24, 2.45) is 0 Å². The molecular formula is C15H10O6. The summed E-state index contributed by atoms with van der Waals surface area (Å²) in [6.07, 6.45) is 0. The Bertz CT molecular complexity index is 705. The Balaban J connectivity index is 2.41. The van der Waals surface area contributed by atoms with Crippen LogP contribution in [-0.2, 0) is 0 Å². The number of benzene rings is 2. The monoisotopic (exact) mass is 286 g/mol. The molecule has 6 nitrogen and oxygen atoms in total. The van der Waals surface area contributed by atoms with Gasteiger partial charge in [-0.2, -0.15) is 0 Å². The third kappa shape index (κ3) is 3.06. The van der Waals surface area contributed by atoms with Gasteiger partial charge < -0.3 is 14.9 Å². The van der Waals surface area contributed by atoms with Crippen LogP contribution >= 0.6 is 0 Å². The number of carboxylic acid groups (broad SMARTS) is 2. The average Bonchev–Trinajstić information content (AvgIpc) is 2.47. The minimum atomic E-state index is -1.48. The molecule has 21 heavy (non-hydrogen) atoms. The Kier molecular flexibility index (Phi) is 3.99. The van der Waals surface area contributed by atoms with Crippen LogP contribution in [0.2, 0.25) is 0 Å².